The summed E-state index contributed by atoms with van der Waals surface area (Å²) >= 11 is 0. The molecule has 0 unspecified atom stereocenters. The van der Waals surface area contributed by atoms with Gasteiger partial charge in [0.05, 0.1) is 1.37 Å². The van der Waals surface area contributed by atoms with Gasteiger partial charge in [0.15, 0.2) is 0 Å². The first kappa shape index (κ1) is 5.90. The van der Waals surface area contributed by atoms with Gasteiger partial charge in [-0.05, 0) is 44.9 Å². The Hall–Kier alpha value is -0.850. The van der Waals surface area contributed by atoms with Crippen LogP contribution in [0.15, 0.2) is 6.04 Å². The molecule has 0 N–H and O–H groups in total. The van der Waals surface area contributed by atoms with E-state index in [0.717, 1.165) is 22.5 Å². The lowest BCUT2D eigenvalue weighted by Crippen LogP contribution is -1.92. The Morgan fingerprint density at radius 1 is 1.30 bits per heavy atom. The average Bonchev–Trinajstić information content (AvgIpc) is 1.97. The Labute approximate surface area is 63.5 Å². The third kappa shape index (κ3) is 1.18. The molecule has 0 radical (unpaired) electrons. The maximum atomic E-state index is 7.62. The van der Waals surface area contributed by atoms with Crippen LogP contribution in [0.1, 0.15) is 23.9 Å². The summed E-state index contributed by atoms with van der Waals surface area (Å²) in [6, 6.07) is 0.577. The van der Waals surface area contributed by atoms with Crippen molar-refractivity contribution in [2.45, 2.75) is 27.7 Å². The van der Waals surface area contributed by atoms with Crippen molar-refractivity contribution >= 4 is 0 Å². The number of rotatable bonds is 0. The molecule has 1 rings (SSSR count). The van der Waals surface area contributed by atoms with E-state index in [1.165, 1.54) is 0 Å². The summed E-state index contributed by atoms with van der Waals surface area (Å²) in [5, 5.41) is 0. The Balaban J connectivity index is 3.46. The van der Waals surface area contributed by atoms with Gasteiger partial charge in [-0.15, -0.1) is 0 Å². The summed E-state index contributed by atoms with van der Waals surface area (Å²) < 4.78 is 7.62. The number of nitrogens with zero attached hydrogens (tertiary/aromatic N) is 1. The van der Waals surface area contributed by atoms with Crippen LogP contribution < -0.4 is 0 Å². The van der Waals surface area contributed by atoms with Gasteiger partial charge in [-0.1, -0.05) is 0 Å². The predicted molar refractivity (Wildman–Crippen MR) is 43.2 cm³/mol. The number of aromatic nitrogens is 1. The first-order valence-electron chi connectivity index (χ1n) is 3.95. The highest BCUT2D eigenvalue weighted by Crippen LogP contribution is 2.10. The maximum absolute atomic E-state index is 7.62. The molecule has 1 heterocycles. The first-order chi connectivity index (χ1) is 5.04. The van der Waals surface area contributed by atoms with Gasteiger partial charge in [0.1, 0.15) is 0 Å². The monoisotopic (exact) mass is 137 g/mol. The quantitative estimate of drug-likeness (QED) is 0.534. The summed E-state index contributed by atoms with van der Waals surface area (Å²) in [4.78, 5) is 4.25. The fourth-order valence-electron chi connectivity index (χ4n) is 1.000. The fraction of sp³-hybridized carbons (Fsp3) is 0.444. The zero-order valence-corrected chi connectivity index (χ0v) is 6.95. The second-order valence-corrected chi connectivity index (χ2v) is 2.66. The summed E-state index contributed by atoms with van der Waals surface area (Å²) in [5.74, 6) is 0. The molecule has 0 saturated carbocycles. The highest BCUT2D eigenvalue weighted by molar-refractivity contribution is 5.29. The van der Waals surface area contributed by atoms with Gasteiger partial charge in [0, 0.05) is 11.4 Å². The van der Waals surface area contributed by atoms with Crippen molar-refractivity contribution < 1.29 is 1.37 Å². The lowest BCUT2D eigenvalue weighted by Gasteiger charge is -2.03. The summed E-state index contributed by atoms with van der Waals surface area (Å²) in [6.07, 6.45) is 0. The standard InChI is InChI=1S/C9H13N/c1-6-5-7(2)10-9(4)8(6)3/h5H,1-4H3/i5T. The van der Waals surface area contributed by atoms with Crippen LogP contribution in [0.25, 0.3) is 0 Å². The molecular weight excluding hydrogens is 122 g/mol. The molecule has 0 amide bonds. The van der Waals surface area contributed by atoms with Crippen LogP contribution in [0.5, 0.6) is 0 Å². The largest absolute Gasteiger partial charge is 0.258 e. The Morgan fingerprint density at radius 3 is 2.50 bits per heavy atom. The van der Waals surface area contributed by atoms with Gasteiger partial charge in [-0.25, -0.2) is 0 Å². The second-order valence-electron chi connectivity index (χ2n) is 2.66. The highest BCUT2D eigenvalue weighted by atomic mass is 14.7. The molecule has 1 aromatic heterocycles. The Kier molecular flexibility index (Phi) is 1.42. The maximum Gasteiger partial charge on any atom is 0.0645 e. The van der Waals surface area contributed by atoms with E-state index < -0.39 is 0 Å². The number of hydrogen-bond donors (Lipinski definition) is 0. The molecule has 0 aromatic carbocycles. The van der Waals surface area contributed by atoms with Gasteiger partial charge in [0.25, 0.3) is 0 Å². The van der Waals surface area contributed by atoms with Crippen molar-refractivity contribution in [2.75, 3.05) is 0 Å². The number of pyridine rings is 1. The van der Waals surface area contributed by atoms with Gasteiger partial charge in [-0.3, -0.25) is 4.98 Å². The molecule has 0 atom stereocenters. The molecule has 0 aliphatic rings. The van der Waals surface area contributed by atoms with Crippen LogP contribution in [-0.2, 0) is 0 Å². The zero-order valence-electron chi connectivity index (χ0n) is 7.95. The Bertz CT molecular complexity index is 266. The van der Waals surface area contributed by atoms with E-state index >= 15 is 0 Å². The SMILES string of the molecule is [3H]c1c(C)nc(C)c(C)c1C. The van der Waals surface area contributed by atoms with Gasteiger partial charge >= 0.3 is 0 Å². The third-order valence-electron chi connectivity index (χ3n) is 1.81. The molecule has 1 heteroatoms. The minimum absolute atomic E-state index is 0.577. The van der Waals surface area contributed by atoms with E-state index in [1.807, 2.05) is 27.7 Å². The highest BCUT2D eigenvalue weighted by Gasteiger charge is 1.97. The van der Waals surface area contributed by atoms with Crippen LogP contribution in [0.3, 0.4) is 0 Å². The zero-order chi connectivity index (χ0) is 8.59. The van der Waals surface area contributed by atoms with Crippen LogP contribution in [-0.4, -0.2) is 4.98 Å². The van der Waals surface area contributed by atoms with Crippen LogP contribution >= 0.6 is 0 Å². The minimum atomic E-state index is 0.577. The molecule has 0 aliphatic heterocycles. The Morgan fingerprint density at radius 2 is 1.90 bits per heavy atom. The van der Waals surface area contributed by atoms with E-state index in [1.54, 1.807) is 0 Å². The minimum Gasteiger partial charge on any atom is -0.258 e. The van der Waals surface area contributed by atoms with E-state index in [4.69, 9.17) is 1.37 Å². The topological polar surface area (TPSA) is 12.9 Å². The normalized spacial score (nSPS) is 11.4. The molecule has 10 heavy (non-hydrogen) atoms. The number of hydrogen-bond acceptors (Lipinski definition) is 1. The average molecular weight is 137 g/mol. The van der Waals surface area contributed by atoms with Crippen molar-refractivity contribution in [3.8, 4) is 0 Å². The first-order valence-corrected chi connectivity index (χ1v) is 3.45. The van der Waals surface area contributed by atoms with Crippen LogP contribution in [0.4, 0.5) is 0 Å². The molecule has 54 valence electrons. The molecule has 0 spiro atoms. The molecule has 0 aliphatic carbocycles. The number of aryl methyl sites for hydroxylation is 2. The van der Waals surface area contributed by atoms with E-state index in [2.05, 4.69) is 4.98 Å². The third-order valence-corrected chi connectivity index (χ3v) is 1.81. The van der Waals surface area contributed by atoms with Crippen molar-refractivity contribution in [2.24, 2.45) is 0 Å². The fourth-order valence-corrected chi connectivity index (χ4v) is 1.000. The molecule has 1 nitrogen and oxygen atoms in total. The van der Waals surface area contributed by atoms with Crippen LogP contribution in [0, 0.1) is 27.7 Å². The van der Waals surface area contributed by atoms with Crippen molar-refractivity contribution in [1.29, 1.82) is 0 Å². The molecule has 0 fully saturated rings. The van der Waals surface area contributed by atoms with Crippen molar-refractivity contribution in [3.63, 3.8) is 0 Å². The molecule has 0 saturated heterocycles. The molecule has 1 aromatic rings. The van der Waals surface area contributed by atoms with Gasteiger partial charge < -0.3 is 0 Å². The lowest BCUT2D eigenvalue weighted by atomic mass is 10.1. The predicted octanol–water partition coefficient (Wildman–Crippen LogP) is 2.32. The van der Waals surface area contributed by atoms with Gasteiger partial charge in [0.2, 0.25) is 0 Å². The van der Waals surface area contributed by atoms with E-state index in [0.29, 0.717) is 6.04 Å². The van der Waals surface area contributed by atoms with E-state index in [-0.39, 0.29) is 0 Å². The van der Waals surface area contributed by atoms with Gasteiger partial charge in [-0.2, -0.15) is 0 Å². The van der Waals surface area contributed by atoms with E-state index in [9.17, 15) is 0 Å². The van der Waals surface area contributed by atoms with Crippen LogP contribution in [0.2, 0.25) is 0 Å². The van der Waals surface area contributed by atoms with Crippen molar-refractivity contribution in [3.05, 3.63) is 28.6 Å². The molecule has 0 bridgehead atoms. The lowest BCUT2D eigenvalue weighted by molar-refractivity contribution is 1.07. The smallest absolute Gasteiger partial charge is 0.0645 e. The summed E-state index contributed by atoms with van der Waals surface area (Å²) in [7, 11) is 0. The summed E-state index contributed by atoms with van der Waals surface area (Å²) in [5.41, 5.74) is 4.05. The molecular formula is C9H13N. The van der Waals surface area contributed by atoms with Crippen molar-refractivity contribution in [1.82, 2.24) is 4.98 Å². The second kappa shape index (κ2) is 2.41. The summed E-state index contributed by atoms with van der Waals surface area (Å²) in [6.45, 7) is 7.84.